The van der Waals surface area contributed by atoms with Crippen LogP contribution >= 0.6 is 11.6 Å². The summed E-state index contributed by atoms with van der Waals surface area (Å²) in [6.07, 6.45) is 3.88. The van der Waals surface area contributed by atoms with Gasteiger partial charge in [-0.2, -0.15) is 5.10 Å². The molecule has 130 valence electrons. The first-order chi connectivity index (χ1) is 12.1. The largest absolute Gasteiger partial charge is 0.373 e. The van der Waals surface area contributed by atoms with Gasteiger partial charge in [0.2, 0.25) is 0 Å². The molecule has 2 aromatic heterocycles. The lowest BCUT2D eigenvalue weighted by molar-refractivity contribution is 0.0275. The summed E-state index contributed by atoms with van der Waals surface area (Å²) in [6, 6.07) is 8.07. The Bertz CT molecular complexity index is 894. The summed E-state index contributed by atoms with van der Waals surface area (Å²) in [4.78, 5) is 7.10. The summed E-state index contributed by atoms with van der Waals surface area (Å²) in [7, 11) is 0. The number of aromatic nitrogens is 3. The predicted octanol–water partition coefficient (Wildman–Crippen LogP) is 3.61. The van der Waals surface area contributed by atoms with Gasteiger partial charge >= 0.3 is 0 Å². The number of benzene rings is 1. The van der Waals surface area contributed by atoms with Crippen LogP contribution in [0.15, 0.2) is 36.7 Å². The molecule has 0 aliphatic carbocycles. The molecule has 1 atom stereocenters. The van der Waals surface area contributed by atoms with Gasteiger partial charge in [0.1, 0.15) is 0 Å². The van der Waals surface area contributed by atoms with Gasteiger partial charge in [-0.15, -0.1) is 0 Å². The van der Waals surface area contributed by atoms with Gasteiger partial charge in [-0.25, -0.2) is 0 Å². The Hall–Kier alpha value is -2.11. The van der Waals surface area contributed by atoms with Gasteiger partial charge in [-0.05, 0) is 43.7 Å². The second-order valence-corrected chi connectivity index (χ2v) is 7.00. The van der Waals surface area contributed by atoms with Crippen molar-refractivity contribution >= 4 is 28.2 Å². The summed E-state index contributed by atoms with van der Waals surface area (Å²) < 4.78 is 7.87. The van der Waals surface area contributed by atoms with Crippen LogP contribution in [0.4, 0.5) is 5.69 Å². The fourth-order valence-electron chi connectivity index (χ4n) is 3.49. The minimum atomic E-state index is 0.109. The monoisotopic (exact) mass is 356 g/mol. The Labute approximate surface area is 152 Å². The second kappa shape index (κ2) is 6.65. The summed E-state index contributed by atoms with van der Waals surface area (Å²) in [6.45, 7) is 7.24. The van der Waals surface area contributed by atoms with Gasteiger partial charge in [-0.3, -0.25) is 9.67 Å². The van der Waals surface area contributed by atoms with Crippen molar-refractivity contribution in [3.05, 3.63) is 52.9 Å². The lowest BCUT2D eigenvalue weighted by Gasteiger charge is -2.35. The van der Waals surface area contributed by atoms with Crippen LogP contribution < -0.4 is 4.90 Å². The highest BCUT2D eigenvalue weighted by Crippen LogP contribution is 2.32. The molecule has 0 saturated carbocycles. The molecule has 3 aromatic rings. The quantitative estimate of drug-likeness (QED) is 0.719. The van der Waals surface area contributed by atoms with E-state index in [1.54, 1.807) is 6.20 Å². The third kappa shape index (κ3) is 3.34. The van der Waals surface area contributed by atoms with Crippen LogP contribution in [-0.2, 0) is 11.3 Å². The molecule has 1 fully saturated rings. The van der Waals surface area contributed by atoms with Gasteiger partial charge in [-0.1, -0.05) is 11.6 Å². The van der Waals surface area contributed by atoms with Crippen molar-refractivity contribution in [2.75, 3.05) is 24.6 Å². The summed E-state index contributed by atoms with van der Waals surface area (Å²) in [5.41, 5.74) is 4.33. The molecule has 1 aliphatic heterocycles. The van der Waals surface area contributed by atoms with E-state index in [2.05, 4.69) is 23.0 Å². The SMILES string of the molecule is Cc1cc(N2CCOC(Cn3cccn3)C2)c2cc(Cl)cc(C)c2n1. The molecule has 3 heterocycles. The molecule has 5 nitrogen and oxygen atoms in total. The molecule has 0 N–H and O–H groups in total. The highest BCUT2D eigenvalue weighted by Gasteiger charge is 2.23. The van der Waals surface area contributed by atoms with Crippen LogP contribution in [0.3, 0.4) is 0 Å². The van der Waals surface area contributed by atoms with Crippen molar-refractivity contribution in [2.24, 2.45) is 0 Å². The molecule has 0 radical (unpaired) electrons. The van der Waals surface area contributed by atoms with Crippen molar-refractivity contribution < 1.29 is 4.74 Å². The standard InChI is InChI=1S/C19H21ClN4O/c1-13-8-15(20)10-17-18(9-14(2)22-19(13)17)23-6-7-25-16(11-23)12-24-5-3-4-21-24/h3-5,8-10,16H,6-7,11-12H2,1-2H3. The van der Waals surface area contributed by atoms with E-state index in [9.17, 15) is 0 Å². The van der Waals surface area contributed by atoms with Crippen LogP contribution in [0.25, 0.3) is 10.9 Å². The zero-order valence-corrected chi connectivity index (χ0v) is 15.2. The van der Waals surface area contributed by atoms with E-state index in [1.807, 2.05) is 36.0 Å². The van der Waals surface area contributed by atoms with Gasteiger partial charge in [0.05, 0.1) is 24.8 Å². The minimum absolute atomic E-state index is 0.109. The van der Waals surface area contributed by atoms with E-state index in [4.69, 9.17) is 21.3 Å². The van der Waals surface area contributed by atoms with Crippen LogP contribution in [-0.4, -0.2) is 40.6 Å². The van der Waals surface area contributed by atoms with E-state index < -0.39 is 0 Å². The maximum Gasteiger partial charge on any atom is 0.0946 e. The number of halogens is 1. The Balaban J connectivity index is 1.68. The summed E-state index contributed by atoms with van der Waals surface area (Å²) in [5.74, 6) is 0. The normalized spacial score (nSPS) is 18.0. The number of hydrogen-bond acceptors (Lipinski definition) is 4. The number of hydrogen-bond donors (Lipinski definition) is 0. The minimum Gasteiger partial charge on any atom is -0.373 e. The number of anilines is 1. The fourth-order valence-corrected chi connectivity index (χ4v) is 3.76. The third-order valence-corrected chi connectivity index (χ3v) is 4.82. The van der Waals surface area contributed by atoms with E-state index in [0.717, 1.165) is 46.8 Å². The van der Waals surface area contributed by atoms with Crippen molar-refractivity contribution in [3.8, 4) is 0 Å². The first-order valence-electron chi connectivity index (χ1n) is 8.51. The lowest BCUT2D eigenvalue weighted by atomic mass is 10.1. The third-order valence-electron chi connectivity index (χ3n) is 4.60. The number of fused-ring (bicyclic) bond motifs is 1. The molecule has 1 aliphatic rings. The molecule has 0 amide bonds. The maximum absolute atomic E-state index is 6.32. The lowest BCUT2D eigenvalue weighted by Crippen LogP contribution is -2.44. The topological polar surface area (TPSA) is 43.2 Å². The first-order valence-corrected chi connectivity index (χ1v) is 8.89. The fraction of sp³-hybridized carbons (Fsp3) is 0.368. The van der Waals surface area contributed by atoms with Crippen LogP contribution in [0.5, 0.6) is 0 Å². The van der Waals surface area contributed by atoms with Gasteiger partial charge in [0.15, 0.2) is 0 Å². The van der Waals surface area contributed by atoms with E-state index in [1.165, 1.54) is 5.69 Å². The molecule has 6 heteroatoms. The van der Waals surface area contributed by atoms with Crippen LogP contribution in [0, 0.1) is 13.8 Å². The smallest absolute Gasteiger partial charge is 0.0946 e. The Morgan fingerprint density at radius 3 is 2.96 bits per heavy atom. The highest BCUT2D eigenvalue weighted by molar-refractivity contribution is 6.31. The van der Waals surface area contributed by atoms with Crippen molar-refractivity contribution in [1.29, 1.82) is 0 Å². The molecule has 1 unspecified atom stereocenters. The second-order valence-electron chi connectivity index (χ2n) is 6.57. The molecule has 1 aromatic carbocycles. The Morgan fingerprint density at radius 1 is 1.28 bits per heavy atom. The molecule has 1 saturated heterocycles. The van der Waals surface area contributed by atoms with Crippen LogP contribution in [0.1, 0.15) is 11.3 Å². The number of nitrogens with zero attached hydrogens (tertiary/aromatic N) is 4. The van der Waals surface area contributed by atoms with Gasteiger partial charge in [0, 0.05) is 47.3 Å². The number of aryl methyl sites for hydroxylation is 2. The number of ether oxygens (including phenoxy) is 1. The number of morpholine rings is 1. The summed E-state index contributed by atoms with van der Waals surface area (Å²) in [5, 5.41) is 6.14. The number of pyridine rings is 1. The van der Waals surface area contributed by atoms with Crippen molar-refractivity contribution in [2.45, 2.75) is 26.5 Å². The zero-order chi connectivity index (χ0) is 17.4. The molecule has 0 bridgehead atoms. The van der Waals surface area contributed by atoms with E-state index in [-0.39, 0.29) is 6.10 Å². The predicted molar refractivity (Wildman–Crippen MR) is 100 cm³/mol. The molecule has 0 spiro atoms. The molecular formula is C19H21ClN4O. The average molecular weight is 357 g/mol. The maximum atomic E-state index is 6.32. The molecule has 4 rings (SSSR count). The summed E-state index contributed by atoms with van der Waals surface area (Å²) >= 11 is 6.32. The Morgan fingerprint density at radius 2 is 2.16 bits per heavy atom. The van der Waals surface area contributed by atoms with Crippen LogP contribution in [0.2, 0.25) is 5.02 Å². The molecular weight excluding hydrogens is 336 g/mol. The average Bonchev–Trinajstić information content (AvgIpc) is 3.08. The van der Waals surface area contributed by atoms with Crippen molar-refractivity contribution in [3.63, 3.8) is 0 Å². The zero-order valence-electron chi connectivity index (χ0n) is 14.4. The van der Waals surface area contributed by atoms with E-state index in [0.29, 0.717) is 6.61 Å². The Kier molecular flexibility index (Phi) is 4.36. The number of rotatable bonds is 3. The molecule has 25 heavy (non-hydrogen) atoms. The highest BCUT2D eigenvalue weighted by atomic mass is 35.5. The first kappa shape index (κ1) is 16.4. The van der Waals surface area contributed by atoms with Gasteiger partial charge < -0.3 is 9.64 Å². The van der Waals surface area contributed by atoms with Crippen molar-refractivity contribution in [1.82, 2.24) is 14.8 Å². The van der Waals surface area contributed by atoms with E-state index >= 15 is 0 Å². The van der Waals surface area contributed by atoms with Gasteiger partial charge in [0.25, 0.3) is 0 Å².